The fourth-order valence-corrected chi connectivity index (χ4v) is 4.52. The lowest BCUT2D eigenvalue weighted by Gasteiger charge is -2.22. The molecule has 0 spiro atoms. The normalized spacial score (nSPS) is 17.6. The van der Waals surface area contributed by atoms with E-state index < -0.39 is 0 Å². The van der Waals surface area contributed by atoms with E-state index in [1.165, 1.54) is 16.7 Å². The highest BCUT2D eigenvalue weighted by Gasteiger charge is 2.25. The first-order valence-electron chi connectivity index (χ1n) is 11.6. The summed E-state index contributed by atoms with van der Waals surface area (Å²) in [6.07, 6.45) is 2.49. The second kappa shape index (κ2) is 12.9. The summed E-state index contributed by atoms with van der Waals surface area (Å²) in [6.45, 7) is 5.63. The van der Waals surface area contributed by atoms with Gasteiger partial charge >= 0.3 is 0 Å². The zero-order valence-corrected chi connectivity index (χ0v) is 21.7. The van der Waals surface area contributed by atoms with Crippen LogP contribution in [-0.4, -0.2) is 55.0 Å². The molecule has 0 bridgehead atoms. The molecule has 1 atom stereocenters. The Morgan fingerprint density at radius 1 is 1.06 bits per heavy atom. The molecule has 6 nitrogen and oxygen atoms in total. The monoisotopic (exact) mass is 562 g/mol. The van der Waals surface area contributed by atoms with Crippen LogP contribution in [0.2, 0.25) is 0 Å². The first-order valence-corrected chi connectivity index (χ1v) is 11.6. The third kappa shape index (κ3) is 7.17. The second-order valence-corrected chi connectivity index (χ2v) is 8.70. The van der Waals surface area contributed by atoms with Gasteiger partial charge in [-0.15, -0.1) is 24.0 Å². The Labute approximate surface area is 214 Å². The molecule has 2 heterocycles. The molecule has 1 saturated heterocycles. The van der Waals surface area contributed by atoms with E-state index in [9.17, 15) is 4.79 Å². The molecule has 2 aromatic rings. The van der Waals surface area contributed by atoms with Crippen LogP contribution >= 0.6 is 24.0 Å². The van der Waals surface area contributed by atoms with Gasteiger partial charge in [-0.3, -0.25) is 9.79 Å². The number of fused-ring (bicyclic) bond motifs is 1. The minimum atomic E-state index is 0. The molecule has 2 aliphatic heterocycles. The summed E-state index contributed by atoms with van der Waals surface area (Å²) in [5.41, 5.74) is 3.76. The van der Waals surface area contributed by atoms with Crippen LogP contribution in [0.5, 0.6) is 0 Å². The van der Waals surface area contributed by atoms with Crippen LogP contribution < -0.4 is 5.32 Å². The molecule has 7 heteroatoms. The molecule has 1 amide bonds. The van der Waals surface area contributed by atoms with Gasteiger partial charge in [0.1, 0.15) is 0 Å². The van der Waals surface area contributed by atoms with Crippen molar-refractivity contribution in [2.24, 2.45) is 10.9 Å². The topological polar surface area (TPSA) is 57.2 Å². The Bertz CT molecular complexity index is 897. The molecule has 1 unspecified atom stereocenters. The largest absolute Gasteiger partial charge is 0.376 e. The Kier molecular flexibility index (Phi) is 9.99. The fourth-order valence-electron chi connectivity index (χ4n) is 4.52. The van der Waals surface area contributed by atoms with Gasteiger partial charge in [0.15, 0.2) is 5.96 Å². The minimum absolute atomic E-state index is 0. The number of likely N-dealkylation sites (tertiary alicyclic amines) is 1. The number of hydrogen-bond donors (Lipinski definition) is 1. The van der Waals surface area contributed by atoms with Gasteiger partial charge in [0.2, 0.25) is 5.91 Å². The number of nitrogens with zero attached hydrogens (tertiary/aromatic N) is 3. The van der Waals surface area contributed by atoms with Crippen LogP contribution in [0.25, 0.3) is 0 Å². The second-order valence-electron chi connectivity index (χ2n) is 8.70. The molecule has 178 valence electrons. The number of guanidine groups is 1. The molecule has 33 heavy (non-hydrogen) atoms. The lowest BCUT2D eigenvalue weighted by atomic mass is 10.1. The Balaban J connectivity index is 0.00000306. The van der Waals surface area contributed by atoms with Crippen LogP contribution in [0.1, 0.15) is 36.0 Å². The van der Waals surface area contributed by atoms with Gasteiger partial charge in [-0.1, -0.05) is 54.6 Å². The van der Waals surface area contributed by atoms with Gasteiger partial charge in [0.25, 0.3) is 0 Å². The first kappa shape index (κ1) is 25.5. The lowest BCUT2D eigenvalue weighted by molar-refractivity contribution is -0.131. The van der Waals surface area contributed by atoms with E-state index in [4.69, 9.17) is 4.74 Å². The number of rotatable bonds is 8. The molecule has 2 aliphatic rings. The van der Waals surface area contributed by atoms with Gasteiger partial charge < -0.3 is 19.9 Å². The number of halogens is 1. The van der Waals surface area contributed by atoms with Gasteiger partial charge in [0, 0.05) is 52.1 Å². The highest BCUT2D eigenvalue weighted by Crippen LogP contribution is 2.23. The summed E-state index contributed by atoms with van der Waals surface area (Å²) in [5, 5.41) is 3.44. The van der Waals surface area contributed by atoms with E-state index >= 15 is 0 Å². The third-order valence-corrected chi connectivity index (χ3v) is 6.31. The molecule has 4 rings (SSSR count). The van der Waals surface area contributed by atoms with Gasteiger partial charge in [0.05, 0.1) is 13.2 Å². The number of benzene rings is 2. The summed E-state index contributed by atoms with van der Waals surface area (Å²) in [7, 11) is 1.83. The number of ether oxygens (including phenoxy) is 1. The molecular weight excluding hydrogens is 527 g/mol. The quantitative estimate of drug-likeness (QED) is 0.229. The van der Waals surface area contributed by atoms with Crippen LogP contribution in [-0.2, 0) is 29.2 Å². The number of carbonyl (C=O) groups is 1. The predicted octanol–water partition coefficient (Wildman–Crippen LogP) is 4.04. The summed E-state index contributed by atoms with van der Waals surface area (Å²) in [6, 6.07) is 18.6. The van der Waals surface area contributed by atoms with Crippen molar-refractivity contribution in [3.8, 4) is 0 Å². The van der Waals surface area contributed by atoms with E-state index in [1.54, 1.807) is 0 Å². The zero-order chi connectivity index (χ0) is 22.2. The average Bonchev–Trinajstić information content (AvgIpc) is 3.47. The highest BCUT2D eigenvalue weighted by molar-refractivity contribution is 14.0. The first-order chi connectivity index (χ1) is 15.7. The predicted molar refractivity (Wildman–Crippen MR) is 142 cm³/mol. The fraction of sp³-hybridized carbons (Fsp3) is 0.462. The number of hydrogen-bond acceptors (Lipinski definition) is 3. The van der Waals surface area contributed by atoms with Gasteiger partial charge in [-0.25, -0.2) is 0 Å². The maximum absolute atomic E-state index is 12.6. The number of nitrogens with one attached hydrogen (secondary N) is 1. The van der Waals surface area contributed by atoms with Crippen molar-refractivity contribution < 1.29 is 9.53 Å². The van der Waals surface area contributed by atoms with Crippen molar-refractivity contribution in [3.63, 3.8) is 0 Å². The molecule has 1 N–H and O–H groups in total. The maximum Gasteiger partial charge on any atom is 0.223 e. The minimum Gasteiger partial charge on any atom is -0.376 e. The molecule has 0 aromatic heterocycles. The summed E-state index contributed by atoms with van der Waals surface area (Å²) in [5.74, 6) is 1.68. The molecule has 0 radical (unpaired) electrons. The zero-order valence-electron chi connectivity index (χ0n) is 19.4. The smallest absolute Gasteiger partial charge is 0.223 e. The standard InChI is InChI=1S/C26H34N4O2.HI/c1-27-26(29-15-13-22(16-29)20-32-19-21-8-3-2-4-9-21)28-14-7-12-25(31)30-17-23-10-5-6-11-24(23)18-30;/h2-6,8-11,22H,7,12-20H2,1H3,(H,27,28);1H. The molecule has 0 aliphatic carbocycles. The SMILES string of the molecule is CN=C(NCCCC(=O)N1Cc2ccccc2C1)N1CCC(COCc2ccccc2)C1.I. The van der Waals surface area contributed by atoms with Gasteiger partial charge in [-0.2, -0.15) is 0 Å². The van der Waals surface area contributed by atoms with E-state index in [0.29, 0.717) is 18.9 Å². The van der Waals surface area contributed by atoms with Crippen LogP contribution in [0.3, 0.4) is 0 Å². The Hall–Kier alpha value is -2.13. The van der Waals surface area contributed by atoms with Crippen molar-refractivity contribution in [1.29, 1.82) is 0 Å². The van der Waals surface area contributed by atoms with Crippen molar-refractivity contribution in [2.45, 2.75) is 39.0 Å². The lowest BCUT2D eigenvalue weighted by Crippen LogP contribution is -2.40. The van der Waals surface area contributed by atoms with E-state index in [1.807, 2.05) is 42.3 Å². The highest BCUT2D eigenvalue weighted by atomic mass is 127. The van der Waals surface area contributed by atoms with Crippen molar-refractivity contribution in [1.82, 2.24) is 15.1 Å². The summed E-state index contributed by atoms with van der Waals surface area (Å²) in [4.78, 5) is 21.3. The third-order valence-electron chi connectivity index (χ3n) is 6.31. The number of carbonyl (C=O) groups excluding carboxylic acids is 1. The Morgan fingerprint density at radius 2 is 1.76 bits per heavy atom. The van der Waals surface area contributed by atoms with Crippen molar-refractivity contribution >= 4 is 35.8 Å². The van der Waals surface area contributed by atoms with E-state index in [2.05, 4.69) is 39.5 Å². The van der Waals surface area contributed by atoms with E-state index in [0.717, 1.165) is 58.1 Å². The number of aliphatic imine (C=N–C) groups is 1. The van der Waals surface area contributed by atoms with E-state index in [-0.39, 0.29) is 29.9 Å². The summed E-state index contributed by atoms with van der Waals surface area (Å²) >= 11 is 0. The van der Waals surface area contributed by atoms with Crippen molar-refractivity contribution in [3.05, 3.63) is 71.3 Å². The molecule has 1 fully saturated rings. The molecule has 0 saturated carbocycles. The van der Waals surface area contributed by atoms with Crippen LogP contribution in [0, 0.1) is 5.92 Å². The molecule has 2 aromatic carbocycles. The van der Waals surface area contributed by atoms with Crippen LogP contribution in [0.4, 0.5) is 0 Å². The number of amides is 1. The van der Waals surface area contributed by atoms with Crippen LogP contribution in [0.15, 0.2) is 59.6 Å². The Morgan fingerprint density at radius 3 is 2.45 bits per heavy atom. The molecular formula is C26H35IN4O2. The maximum atomic E-state index is 12.6. The van der Waals surface area contributed by atoms with Gasteiger partial charge in [-0.05, 0) is 29.5 Å². The summed E-state index contributed by atoms with van der Waals surface area (Å²) < 4.78 is 5.93. The average molecular weight is 562 g/mol. The van der Waals surface area contributed by atoms with Crippen molar-refractivity contribution in [2.75, 3.05) is 33.3 Å².